The predicted octanol–water partition coefficient (Wildman–Crippen LogP) is 16.9. The maximum absolute atomic E-state index is 12.5. The first-order valence-corrected chi connectivity index (χ1v) is 27.6. The molecule has 0 aliphatic carbocycles. The van der Waals surface area contributed by atoms with Crippen LogP contribution in [0.25, 0.3) is 0 Å². The van der Waals surface area contributed by atoms with Gasteiger partial charge in [0.05, 0.1) is 18.8 Å². The van der Waals surface area contributed by atoms with Crippen molar-refractivity contribution in [3.8, 4) is 0 Å². The molecule has 0 rings (SSSR count). The van der Waals surface area contributed by atoms with Crippen LogP contribution in [-0.4, -0.2) is 46.1 Å². The first-order valence-electron chi connectivity index (χ1n) is 27.6. The van der Waals surface area contributed by atoms with E-state index in [1.54, 1.807) is 0 Å². The summed E-state index contributed by atoms with van der Waals surface area (Å²) in [6.45, 7) is 4.20. The van der Waals surface area contributed by atoms with Crippen LogP contribution in [0.3, 0.4) is 0 Å². The molecule has 61 heavy (non-hydrogen) atoms. The number of amides is 1. The van der Waals surface area contributed by atoms with Crippen molar-refractivity contribution in [2.45, 2.75) is 321 Å². The fourth-order valence-corrected chi connectivity index (χ4v) is 8.78. The molecule has 0 aromatic rings. The number of carbonyl (C=O) groups excluding carboxylic acids is 1. The molecule has 0 saturated heterocycles. The van der Waals surface area contributed by atoms with Crippen LogP contribution in [0.5, 0.6) is 0 Å². The number of hydrogen-bond acceptors (Lipinski definition) is 4. The number of carbonyl (C=O) groups is 1. The number of aliphatic hydroxyl groups excluding tert-OH is 3. The monoisotopic (exact) mass is 860 g/mol. The Morgan fingerprint density at radius 1 is 0.410 bits per heavy atom. The molecule has 0 aromatic carbocycles. The second kappa shape index (κ2) is 51.5. The Hall–Kier alpha value is -1.17. The van der Waals surface area contributed by atoms with Gasteiger partial charge in [-0.2, -0.15) is 0 Å². The van der Waals surface area contributed by atoms with Crippen molar-refractivity contribution in [3.63, 3.8) is 0 Å². The Morgan fingerprint density at radius 2 is 0.705 bits per heavy atom. The van der Waals surface area contributed by atoms with Crippen LogP contribution in [0.4, 0.5) is 0 Å². The second-order valence-electron chi connectivity index (χ2n) is 19.1. The van der Waals surface area contributed by atoms with E-state index in [2.05, 4.69) is 43.5 Å². The molecule has 0 spiro atoms. The van der Waals surface area contributed by atoms with Gasteiger partial charge in [0, 0.05) is 6.42 Å². The van der Waals surface area contributed by atoms with Crippen LogP contribution in [0.15, 0.2) is 24.3 Å². The van der Waals surface area contributed by atoms with E-state index in [9.17, 15) is 20.1 Å². The predicted molar refractivity (Wildman–Crippen MR) is 268 cm³/mol. The van der Waals surface area contributed by atoms with Gasteiger partial charge in [-0.05, 0) is 44.9 Å². The molecule has 5 heteroatoms. The lowest BCUT2D eigenvalue weighted by Crippen LogP contribution is -2.50. The standard InChI is InChI=1S/C56H109NO4/c1-3-5-7-9-11-13-15-17-19-20-21-22-23-24-25-26-27-28-29-30-31-32-33-34-35-36-37-39-41-43-45-47-49-51-55(60)57-53(52-58)56(61)54(59)50-48-46-44-42-40-38-18-16-14-12-10-8-6-4-2/h21-22,24-25,53-54,56,58-59,61H,3-20,23,26-52H2,1-2H3,(H,57,60)/b22-21-,25-24-. The molecular weight excluding hydrogens is 751 g/mol. The Morgan fingerprint density at radius 3 is 1.03 bits per heavy atom. The third-order valence-corrected chi connectivity index (χ3v) is 13.1. The Kier molecular flexibility index (Phi) is 50.5. The minimum atomic E-state index is -1.13. The van der Waals surface area contributed by atoms with Gasteiger partial charge in [-0.1, -0.05) is 276 Å². The average molecular weight is 860 g/mol. The lowest BCUT2D eigenvalue weighted by atomic mass is 9.99. The highest BCUT2D eigenvalue weighted by Gasteiger charge is 2.26. The Labute approximate surface area is 382 Å². The van der Waals surface area contributed by atoms with Crippen LogP contribution in [0.1, 0.15) is 303 Å². The van der Waals surface area contributed by atoms with Gasteiger partial charge in [-0.3, -0.25) is 4.79 Å². The topological polar surface area (TPSA) is 89.8 Å². The molecule has 4 N–H and O–H groups in total. The van der Waals surface area contributed by atoms with Gasteiger partial charge < -0.3 is 20.6 Å². The minimum absolute atomic E-state index is 0.140. The summed E-state index contributed by atoms with van der Waals surface area (Å²) in [5.74, 6) is -0.140. The quantitative estimate of drug-likeness (QED) is 0.0362. The minimum Gasteiger partial charge on any atom is -0.394 e. The highest BCUT2D eigenvalue weighted by atomic mass is 16.3. The van der Waals surface area contributed by atoms with Gasteiger partial charge in [0.2, 0.25) is 5.91 Å². The molecule has 0 saturated carbocycles. The lowest BCUT2D eigenvalue weighted by molar-refractivity contribution is -0.124. The fourth-order valence-electron chi connectivity index (χ4n) is 8.78. The van der Waals surface area contributed by atoms with Gasteiger partial charge in [-0.15, -0.1) is 0 Å². The summed E-state index contributed by atoms with van der Waals surface area (Å²) in [7, 11) is 0. The van der Waals surface area contributed by atoms with Gasteiger partial charge in [0.25, 0.3) is 0 Å². The normalized spacial score (nSPS) is 13.5. The molecular formula is C56H109NO4. The van der Waals surface area contributed by atoms with Gasteiger partial charge in [0.15, 0.2) is 0 Å². The van der Waals surface area contributed by atoms with Crippen molar-refractivity contribution in [3.05, 3.63) is 24.3 Å². The summed E-state index contributed by atoms with van der Waals surface area (Å²) in [6.07, 6.45) is 64.8. The maximum atomic E-state index is 12.5. The van der Waals surface area contributed by atoms with Crippen LogP contribution in [0.2, 0.25) is 0 Å². The van der Waals surface area contributed by atoms with Crippen molar-refractivity contribution in [2.75, 3.05) is 6.61 Å². The van der Waals surface area contributed by atoms with Gasteiger partial charge in [-0.25, -0.2) is 0 Å². The lowest BCUT2D eigenvalue weighted by Gasteiger charge is -2.26. The first-order chi connectivity index (χ1) is 30.1. The van der Waals surface area contributed by atoms with Crippen LogP contribution >= 0.6 is 0 Å². The summed E-state index contributed by atoms with van der Waals surface area (Å²) >= 11 is 0. The number of nitrogens with one attached hydrogen (secondary N) is 1. The summed E-state index contributed by atoms with van der Waals surface area (Å²) < 4.78 is 0. The summed E-state index contributed by atoms with van der Waals surface area (Å²) in [4.78, 5) is 12.5. The Balaban J connectivity index is 3.48. The molecule has 1 amide bonds. The largest absolute Gasteiger partial charge is 0.394 e. The number of hydrogen-bond donors (Lipinski definition) is 4. The molecule has 5 nitrogen and oxygen atoms in total. The van der Waals surface area contributed by atoms with Crippen LogP contribution in [0, 0.1) is 0 Å². The summed E-state index contributed by atoms with van der Waals surface area (Å²) in [5, 5.41) is 33.7. The molecule has 0 aliphatic rings. The molecule has 0 fully saturated rings. The smallest absolute Gasteiger partial charge is 0.220 e. The third-order valence-electron chi connectivity index (χ3n) is 13.1. The zero-order valence-electron chi connectivity index (χ0n) is 41.3. The average Bonchev–Trinajstić information content (AvgIpc) is 3.26. The molecule has 362 valence electrons. The molecule has 0 aliphatic heterocycles. The highest BCUT2D eigenvalue weighted by molar-refractivity contribution is 5.76. The zero-order chi connectivity index (χ0) is 44.4. The van der Waals surface area contributed by atoms with Crippen LogP contribution < -0.4 is 5.32 Å². The molecule has 0 aromatic heterocycles. The highest BCUT2D eigenvalue weighted by Crippen LogP contribution is 2.18. The maximum Gasteiger partial charge on any atom is 0.220 e. The second-order valence-corrected chi connectivity index (χ2v) is 19.1. The zero-order valence-corrected chi connectivity index (χ0v) is 41.3. The number of allylic oxidation sites excluding steroid dienone is 4. The molecule has 0 radical (unpaired) electrons. The van der Waals surface area contributed by atoms with E-state index in [-0.39, 0.29) is 12.5 Å². The summed E-state index contributed by atoms with van der Waals surface area (Å²) in [5.41, 5.74) is 0. The number of unbranched alkanes of at least 4 members (excludes halogenated alkanes) is 39. The number of aliphatic hydroxyl groups is 3. The van der Waals surface area contributed by atoms with Gasteiger partial charge >= 0.3 is 0 Å². The van der Waals surface area contributed by atoms with E-state index in [0.29, 0.717) is 12.8 Å². The van der Waals surface area contributed by atoms with Crippen molar-refractivity contribution >= 4 is 5.91 Å². The van der Waals surface area contributed by atoms with Crippen molar-refractivity contribution < 1.29 is 20.1 Å². The van der Waals surface area contributed by atoms with Crippen molar-refractivity contribution in [2.24, 2.45) is 0 Å². The number of rotatable bonds is 51. The van der Waals surface area contributed by atoms with E-state index in [0.717, 1.165) is 44.9 Å². The molecule has 3 atom stereocenters. The summed E-state index contributed by atoms with van der Waals surface area (Å²) in [6, 6.07) is -0.807. The van der Waals surface area contributed by atoms with Crippen molar-refractivity contribution in [1.82, 2.24) is 5.32 Å². The third kappa shape index (κ3) is 46.6. The van der Waals surface area contributed by atoms with Crippen molar-refractivity contribution in [1.29, 1.82) is 0 Å². The van der Waals surface area contributed by atoms with Gasteiger partial charge in [0.1, 0.15) is 6.10 Å². The molecule has 0 heterocycles. The Bertz CT molecular complexity index is 905. The van der Waals surface area contributed by atoms with E-state index in [4.69, 9.17) is 0 Å². The fraction of sp³-hybridized carbons (Fsp3) is 0.911. The van der Waals surface area contributed by atoms with Crippen LogP contribution in [-0.2, 0) is 4.79 Å². The first kappa shape index (κ1) is 59.8. The van der Waals surface area contributed by atoms with E-state index in [1.165, 1.54) is 231 Å². The van der Waals surface area contributed by atoms with E-state index >= 15 is 0 Å². The molecule has 0 bridgehead atoms. The van der Waals surface area contributed by atoms with E-state index < -0.39 is 18.2 Å². The molecule has 3 unspecified atom stereocenters. The van der Waals surface area contributed by atoms with E-state index in [1.807, 2.05) is 0 Å². The SMILES string of the molecule is CCCCCCCCCCC/C=C\C/C=C\CCCCCCCCCCCCCCCCCCCC(=O)NC(CO)C(O)C(O)CCCCCCCCCCCCCCCC.